The SMILES string of the molecule is OCC[C@H]1CN2C[C@@H](n3ccnc3-c3ccnn3-c3ccccc3)C[C@H]2CO1. The van der Waals surface area contributed by atoms with E-state index in [0.717, 1.165) is 43.3 Å². The predicted molar refractivity (Wildman–Crippen MR) is 105 cm³/mol. The summed E-state index contributed by atoms with van der Waals surface area (Å²) in [5.41, 5.74) is 2.02. The van der Waals surface area contributed by atoms with Crippen molar-refractivity contribution in [3.05, 3.63) is 55.0 Å². The second-order valence-electron chi connectivity index (χ2n) is 7.59. The zero-order valence-electron chi connectivity index (χ0n) is 15.8. The van der Waals surface area contributed by atoms with Gasteiger partial charge in [-0.25, -0.2) is 9.67 Å². The number of aromatic nitrogens is 4. The van der Waals surface area contributed by atoms with Crippen molar-refractivity contribution in [3.8, 4) is 17.2 Å². The molecule has 0 aliphatic carbocycles. The molecule has 7 nitrogen and oxygen atoms in total. The highest BCUT2D eigenvalue weighted by atomic mass is 16.5. The van der Waals surface area contributed by atoms with Crippen molar-refractivity contribution in [2.75, 3.05) is 26.3 Å². The average molecular weight is 379 g/mol. The molecular weight excluding hydrogens is 354 g/mol. The van der Waals surface area contributed by atoms with Crippen LogP contribution >= 0.6 is 0 Å². The summed E-state index contributed by atoms with van der Waals surface area (Å²) in [5, 5.41) is 13.7. The predicted octanol–water partition coefficient (Wildman–Crippen LogP) is 2.13. The van der Waals surface area contributed by atoms with E-state index in [0.29, 0.717) is 18.5 Å². The molecule has 2 aromatic heterocycles. The smallest absolute Gasteiger partial charge is 0.159 e. The Hall–Kier alpha value is -2.48. The number of rotatable bonds is 5. The van der Waals surface area contributed by atoms with Crippen molar-refractivity contribution in [3.63, 3.8) is 0 Å². The number of aliphatic hydroxyl groups is 1. The zero-order valence-corrected chi connectivity index (χ0v) is 15.8. The molecule has 0 bridgehead atoms. The highest BCUT2D eigenvalue weighted by molar-refractivity contribution is 5.54. The Morgan fingerprint density at radius 1 is 1.07 bits per heavy atom. The fraction of sp³-hybridized carbons (Fsp3) is 0.429. The minimum atomic E-state index is 0.141. The molecule has 3 atom stereocenters. The number of hydrogen-bond donors (Lipinski definition) is 1. The number of ether oxygens (including phenoxy) is 1. The number of hydrogen-bond acceptors (Lipinski definition) is 5. The Kier molecular flexibility index (Phi) is 4.72. The highest BCUT2D eigenvalue weighted by Crippen LogP contribution is 2.34. The Morgan fingerprint density at radius 3 is 2.82 bits per heavy atom. The molecule has 2 fully saturated rings. The summed E-state index contributed by atoms with van der Waals surface area (Å²) >= 11 is 0. The number of imidazole rings is 1. The number of benzene rings is 1. The quantitative estimate of drug-likeness (QED) is 0.736. The van der Waals surface area contributed by atoms with Crippen LogP contribution in [0.1, 0.15) is 18.9 Å². The second kappa shape index (κ2) is 7.50. The van der Waals surface area contributed by atoms with Gasteiger partial charge in [0.25, 0.3) is 0 Å². The Morgan fingerprint density at radius 2 is 1.96 bits per heavy atom. The molecule has 146 valence electrons. The molecule has 0 spiro atoms. The molecule has 28 heavy (non-hydrogen) atoms. The van der Waals surface area contributed by atoms with Gasteiger partial charge in [0.1, 0.15) is 5.69 Å². The van der Waals surface area contributed by atoms with E-state index in [-0.39, 0.29) is 12.7 Å². The molecule has 2 saturated heterocycles. The van der Waals surface area contributed by atoms with Crippen LogP contribution in [-0.2, 0) is 4.74 Å². The lowest BCUT2D eigenvalue weighted by molar-refractivity contribution is -0.0567. The molecule has 2 aliphatic rings. The summed E-state index contributed by atoms with van der Waals surface area (Å²) in [7, 11) is 0. The molecule has 4 heterocycles. The molecule has 0 unspecified atom stereocenters. The highest BCUT2D eigenvalue weighted by Gasteiger charge is 2.38. The van der Waals surface area contributed by atoms with E-state index in [2.05, 4.69) is 37.9 Å². The van der Waals surface area contributed by atoms with Gasteiger partial charge in [-0.15, -0.1) is 0 Å². The fourth-order valence-corrected chi connectivity index (χ4v) is 4.49. The Balaban J connectivity index is 1.41. The zero-order chi connectivity index (χ0) is 18.9. The number of morpholine rings is 1. The van der Waals surface area contributed by atoms with Gasteiger partial charge in [0, 0.05) is 44.2 Å². The molecular formula is C21H25N5O2. The number of fused-ring (bicyclic) bond motifs is 1. The third-order valence-corrected chi connectivity index (χ3v) is 5.85. The maximum Gasteiger partial charge on any atom is 0.159 e. The molecule has 2 aliphatic heterocycles. The summed E-state index contributed by atoms with van der Waals surface area (Å²) < 4.78 is 10.2. The van der Waals surface area contributed by atoms with Gasteiger partial charge < -0.3 is 14.4 Å². The largest absolute Gasteiger partial charge is 0.396 e. The maximum atomic E-state index is 9.20. The summed E-state index contributed by atoms with van der Waals surface area (Å²) in [6.45, 7) is 2.81. The van der Waals surface area contributed by atoms with Crippen LogP contribution in [0.3, 0.4) is 0 Å². The van der Waals surface area contributed by atoms with Gasteiger partial charge >= 0.3 is 0 Å². The van der Waals surface area contributed by atoms with Crippen LogP contribution < -0.4 is 0 Å². The van der Waals surface area contributed by atoms with Gasteiger partial charge in [-0.05, 0) is 31.0 Å². The first kappa shape index (κ1) is 17.6. The van der Waals surface area contributed by atoms with E-state index < -0.39 is 0 Å². The third kappa shape index (κ3) is 3.15. The first-order valence-corrected chi connectivity index (χ1v) is 9.92. The van der Waals surface area contributed by atoms with E-state index in [1.807, 2.05) is 41.3 Å². The summed E-state index contributed by atoms with van der Waals surface area (Å²) in [4.78, 5) is 7.18. The Labute approximate surface area is 164 Å². The van der Waals surface area contributed by atoms with Crippen molar-refractivity contribution < 1.29 is 9.84 Å². The van der Waals surface area contributed by atoms with Crippen molar-refractivity contribution in [1.82, 2.24) is 24.2 Å². The standard InChI is InChI=1S/C21H25N5O2/c27-11-7-19-14-24-13-17(12-18(24)15-28-19)25-10-9-22-21(25)20-6-8-23-26(20)16-4-2-1-3-5-16/h1-6,8-10,17-19,27H,7,11-15H2/t17-,18-,19-/m0/s1. The first-order chi connectivity index (χ1) is 13.8. The lowest BCUT2D eigenvalue weighted by Gasteiger charge is -2.34. The number of nitrogens with zero attached hydrogens (tertiary/aromatic N) is 5. The van der Waals surface area contributed by atoms with Gasteiger partial charge in [0.05, 0.1) is 24.6 Å². The molecule has 0 saturated carbocycles. The molecule has 5 rings (SSSR count). The summed E-state index contributed by atoms with van der Waals surface area (Å²) in [6.07, 6.45) is 7.68. The summed E-state index contributed by atoms with van der Waals surface area (Å²) in [5.74, 6) is 0.944. The van der Waals surface area contributed by atoms with Crippen LogP contribution in [0.4, 0.5) is 0 Å². The van der Waals surface area contributed by atoms with Gasteiger partial charge in [-0.2, -0.15) is 5.10 Å². The maximum absolute atomic E-state index is 9.20. The topological polar surface area (TPSA) is 68.3 Å². The summed E-state index contributed by atoms with van der Waals surface area (Å²) in [6, 6.07) is 13.0. The molecule has 1 aromatic carbocycles. The van der Waals surface area contributed by atoms with Crippen LogP contribution in [0.5, 0.6) is 0 Å². The van der Waals surface area contributed by atoms with Gasteiger partial charge in [-0.3, -0.25) is 4.90 Å². The number of aliphatic hydroxyl groups excluding tert-OH is 1. The molecule has 0 radical (unpaired) electrons. The fourth-order valence-electron chi connectivity index (χ4n) is 4.49. The normalized spacial score (nSPS) is 25.1. The van der Waals surface area contributed by atoms with Crippen LogP contribution in [0, 0.1) is 0 Å². The second-order valence-corrected chi connectivity index (χ2v) is 7.59. The van der Waals surface area contributed by atoms with Crippen LogP contribution in [-0.4, -0.2) is 67.8 Å². The molecule has 7 heteroatoms. The minimum Gasteiger partial charge on any atom is -0.396 e. The number of para-hydroxylation sites is 1. The third-order valence-electron chi connectivity index (χ3n) is 5.85. The minimum absolute atomic E-state index is 0.141. The lowest BCUT2D eigenvalue weighted by atomic mass is 10.1. The van der Waals surface area contributed by atoms with Crippen molar-refractivity contribution in [2.24, 2.45) is 0 Å². The molecule has 3 aromatic rings. The average Bonchev–Trinajstić information content (AvgIpc) is 3.46. The molecule has 0 amide bonds. The van der Waals surface area contributed by atoms with Crippen molar-refractivity contribution in [1.29, 1.82) is 0 Å². The Bertz CT molecular complexity index is 922. The molecule has 1 N–H and O–H groups in total. The van der Waals surface area contributed by atoms with Crippen LogP contribution in [0.15, 0.2) is 55.0 Å². The van der Waals surface area contributed by atoms with Gasteiger partial charge in [0.2, 0.25) is 0 Å². The van der Waals surface area contributed by atoms with E-state index in [4.69, 9.17) is 4.74 Å². The van der Waals surface area contributed by atoms with Gasteiger partial charge in [0.15, 0.2) is 5.82 Å². The van der Waals surface area contributed by atoms with Crippen LogP contribution in [0.2, 0.25) is 0 Å². The van der Waals surface area contributed by atoms with E-state index >= 15 is 0 Å². The van der Waals surface area contributed by atoms with E-state index in [1.165, 1.54) is 0 Å². The first-order valence-electron chi connectivity index (χ1n) is 9.92. The van der Waals surface area contributed by atoms with Crippen LogP contribution in [0.25, 0.3) is 17.2 Å². The lowest BCUT2D eigenvalue weighted by Crippen LogP contribution is -2.46. The van der Waals surface area contributed by atoms with E-state index in [9.17, 15) is 5.11 Å². The van der Waals surface area contributed by atoms with E-state index in [1.54, 1.807) is 0 Å². The monoisotopic (exact) mass is 379 g/mol. The van der Waals surface area contributed by atoms with Gasteiger partial charge in [-0.1, -0.05) is 18.2 Å². The van der Waals surface area contributed by atoms with Crippen molar-refractivity contribution in [2.45, 2.75) is 31.0 Å². The van der Waals surface area contributed by atoms with Crippen molar-refractivity contribution >= 4 is 0 Å².